The molecule has 2 rings (SSSR count). The molecule has 0 heterocycles. The monoisotopic (exact) mass is 386 g/mol. The van der Waals surface area contributed by atoms with Crippen LogP contribution in [0.25, 0.3) is 6.08 Å². The Labute approximate surface area is 148 Å². The highest BCUT2D eigenvalue weighted by Gasteiger charge is 2.08. The molecule has 0 atom stereocenters. The normalized spacial score (nSPS) is 10.8. The molecule has 122 valence electrons. The van der Waals surface area contributed by atoms with E-state index in [9.17, 15) is 4.79 Å². The number of ether oxygens (including phenoxy) is 2. The minimum atomic E-state index is -0.771. The molecule has 1 amide bonds. The number of rotatable bonds is 6. The van der Waals surface area contributed by atoms with Gasteiger partial charge in [-0.25, -0.2) is 0 Å². The van der Waals surface area contributed by atoms with Crippen molar-refractivity contribution in [2.45, 2.75) is 6.61 Å². The molecular formula is C18H15BrN2O3. The Bertz CT molecular complexity index is 808. The fourth-order valence-electron chi connectivity index (χ4n) is 1.96. The van der Waals surface area contributed by atoms with Crippen molar-refractivity contribution in [1.82, 2.24) is 0 Å². The van der Waals surface area contributed by atoms with Crippen molar-refractivity contribution in [2.24, 2.45) is 5.73 Å². The van der Waals surface area contributed by atoms with Crippen LogP contribution in [0.5, 0.6) is 11.5 Å². The first-order valence-corrected chi connectivity index (χ1v) is 7.79. The SMILES string of the molecule is COc1cc(/C=C(\C#N)C(N)=O)ccc1OCc1ccc(Br)cc1. The van der Waals surface area contributed by atoms with Gasteiger partial charge in [0.1, 0.15) is 18.2 Å². The topological polar surface area (TPSA) is 85.3 Å². The van der Waals surface area contributed by atoms with Crippen LogP contribution in [0.4, 0.5) is 0 Å². The summed E-state index contributed by atoms with van der Waals surface area (Å²) in [6.45, 7) is 0.392. The molecule has 0 aliphatic rings. The molecule has 24 heavy (non-hydrogen) atoms. The Morgan fingerprint density at radius 2 is 1.96 bits per heavy atom. The lowest BCUT2D eigenvalue weighted by Crippen LogP contribution is -2.12. The highest BCUT2D eigenvalue weighted by atomic mass is 79.9. The van der Waals surface area contributed by atoms with E-state index < -0.39 is 5.91 Å². The molecule has 0 aliphatic heterocycles. The summed E-state index contributed by atoms with van der Waals surface area (Å²) < 4.78 is 12.1. The van der Waals surface area contributed by atoms with Gasteiger partial charge in [-0.1, -0.05) is 34.1 Å². The molecule has 6 heteroatoms. The van der Waals surface area contributed by atoms with E-state index in [-0.39, 0.29) is 5.57 Å². The molecule has 0 radical (unpaired) electrons. The van der Waals surface area contributed by atoms with E-state index in [4.69, 9.17) is 20.5 Å². The zero-order valence-electron chi connectivity index (χ0n) is 13.0. The summed E-state index contributed by atoms with van der Waals surface area (Å²) in [4.78, 5) is 11.1. The van der Waals surface area contributed by atoms with Gasteiger partial charge < -0.3 is 15.2 Å². The molecule has 0 spiro atoms. The van der Waals surface area contributed by atoms with Gasteiger partial charge in [0.25, 0.3) is 5.91 Å². The zero-order chi connectivity index (χ0) is 17.5. The first kappa shape index (κ1) is 17.6. The van der Waals surface area contributed by atoms with Gasteiger partial charge in [-0.15, -0.1) is 0 Å². The van der Waals surface area contributed by atoms with Crippen molar-refractivity contribution in [1.29, 1.82) is 5.26 Å². The average molecular weight is 387 g/mol. The van der Waals surface area contributed by atoms with Crippen LogP contribution < -0.4 is 15.2 Å². The van der Waals surface area contributed by atoms with Crippen LogP contribution in [0, 0.1) is 11.3 Å². The lowest BCUT2D eigenvalue weighted by Gasteiger charge is -2.11. The summed E-state index contributed by atoms with van der Waals surface area (Å²) in [6, 6.07) is 14.7. The quantitative estimate of drug-likeness (QED) is 0.608. The molecule has 0 aliphatic carbocycles. The molecule has 0 saturated heterocycles. The van der Waals surface area contributed by atoms with Crippen LogP contribution in [0.3, 0.4) is 0 Å². The van der Waals surface area contributed by atoms with Crippen LogP contribution in [-0.2, 0) is 11.4 Å². The second-order valence-electron chi connectivity index (χ2n) is 4.86. The molecule has 2 N–H and O–H groups in total. The fourth-order valence-corrected chi connectivity index (χ4v) is 2.22. The maximum Gasteiger partial charge on any atom is 0.259 e. The number of halogens is 1. The van der Waals surface area contributed by atoms with Gasteiger partial charge >= 0.3 is 0 Å². The zero-order valence-corrected chi connectivity index (χ0v) is 14.5. The number of benzene rings is 2. The average Bonchev–Trinajstić information content (AvgIpc) is 2.59. The maximum absolute atomic E-state index is 11.1. The Morgan fingerprint density at radius 3 is 2.54 bits per heavy atom. The fraction of sp³-hybridized carbons (Fsp3) is 0.111. The Hall–Kier alpha value is -2.78. The number of amides is 1. The van der Waals surface area contributed by atoms with Gasteiger partial charge in [-0.3, -0.25) is 4.79 Å². The van der Waals surface area contributed by atoms with Crippen LogP contribution in [-0.4, -0.2) is 13.0 Å². The first-order valence-electron chi connectivity index (χ1n) is 7.00. The lowest BCUT2D eigenvalue weighted by atomic mass is 10.1. The van der Waals surface area contributed by atoms with Crippen molar-refractivity contribution in [2.75, 3.05) is 7.11 Å². The Kier molecular flexibility index (Phi) is 5.99. The third kappa shape index (κ3) is 4.61. The van der Waals surface area contributed by atoms with Crippen molar-refractivity contribution >= 4 is 27.9 Å². The lowest BCUT2D eigenvalue weighted by molar-refractivity contribution is -0.114. The third-order valence-corrected chi connectivity index (χ3v) is 3.72. The number of nitriles is 1. The van der Waals surface area contributed by atoms with E-state index in [0.717, 1.165) is 10.0 Å². The molecule has 0 saturated carbocycles. The van der Waals surface area contributed by atoms with Crippen molar-refractivity contribution in [3.05, 3.63) is 63.6 Å². The number of nitrogens with two attached hydrogens (primary N) is 1. The second kappa shape index (κ2) is 8.18. The summed E-state index contributed by atoms with van der Waals surface area (Å²) in [5, 5.41) is 8.89. The molecule has 0 fully saturated rings. The second-order valence-corrected chi connectivity index (χ2v) is 5.78. The predicted molar refractivity (Wildman–Crippen MR) is 94.3 cm³/mol. The number of hydrogen-bond acceptors (Lipinski definition) is 4. The number of carbonyl (C=O) groups is 1. The van der Waals surface area contributed by atoms with Crippen molar-refractivity contribution in [3.63, 3.8) is 0 Å². The van der Waals surface area contributed by atoms with Crippen LogP contribution >= 0.6 is 15.9 Å². The van der Waals surface area contributed by atoms with E-state index >= 15 is 0 Å². The summed E-state index contributed by atoms with van der Waals surface area (Å²) in [6.07, 6.45) is 1.41. The van der Waals surface area contributed by atoms with Gasteiger partial charge in [0.2, 0.25) is 0 Å². The van der Waals surface area contributed by atoms with Crippen LogP contribution in [0.1, 0.15) is 11.1 Å². The molecule has 2 aromatic rings. The smallest absolute Gasteiger partial charge is 0.259 e. The molecule has 2 aromatic carbocycles. The van der Waals surface area contributed by atoms with Gasteiger partial charge in [-0.2, -0.15) is 5.26 Å². The Morgan fingerprint density at radius 1 is 1.25 bits per heavy atom. The summed E-state index contributed by atoms with van der Waals surface area (Å²) in [7, 11) is 1.52. The minimum absolute atomic E-state index is 0.124. The van der Waals surface area contributed by atoms with E-state index in [0.29, 0.717) is 23.7 Å². The minimum Gasteiger partial charge on any atom is -0.493 e. The number of methoxy groups -OCH3 is 1. The highest BCUT2D eigenvalue weighted by Crippen LogP contribution is 2.29. The van der Waals surface area contributed by atoms with Gasteiger partial charge in [0.15, 0.2) is 11.5 Å². The highest BCUT2D eigenvalue weighted by molar-refractivity contribution is 9.10. The van der Waals surface area contributed by atoms with E-state index in [1.165, 1.54) is 13.2 Å². The molecule has 0 bridgehead atoms. The summed E-state index contributed by atoms with van der Waals surface area (Å²) in [5.41, 5.74) is 6.65. The molecule has 0 unspecified atom stereocenters. The molecular weight excluding hydrogens is 372 g/mol. The van der Waals surface area contributed by atoms with Gasteiger partial charge in [-0.05, 0) is 41.5 Å². The van der Waals surface area contributed by atoms with E-state index in [1.807, 2.05) is 24.3 Å². The number of nitrogens with zero attached hydrogens (tertiary/aromatic N) is 1. The number of primary amides is 1. The van der Waals surface area contributed by atoms with Gasteiger partial charge in [0, 0.05) is 4.47 Å². The van der Waals surface area contributed by atoms with E-state index in [1.54, 1.807) is 24.3 Å². The summed E-state index contributed by atoms with van der Waals surface area (Å²) >= 11 is 3.39. The number of carbonyl (C=O) groups excluding carboxylic acids is 1. The predicted octanol–water partition coefficient (Wildman–Crippen LogP) is 3.43. The van der Waals surface area contributed by atoms with Crippen molar-refractivity contribution in [3.8, 4) is 17.6 Å². The summed E-state index contributed by atoms with van der Waals surface area (Å²) in [5.74, 6) is 0.296. The van der Waals surface area contributed by atoms with E-state index in [2.05, 4.69) is 15.9 Å². The van der Waals surface area contributed by atoms with Crippen LogP contribution in [0.2, 0.25) is 0 Å². The standard InChI is InChI=1S/C18H15BrN2O3/c1-23-17-9-13(8-14(10-20)18(21)22)4-7-16(17)24-11-12-2-5-15(19)6-3-12/h2-9H,11H2,1H3,(H2,21,22)/b14-8+. The first-order chi connectivity index (χ1) is 11.5. The third-order valence-electron chi connectivity index (χ3n) is 3.19. The van der Waals surface area contributed by atoms with Crippen LogP contribution in [0.15, 0.2) is 52.5 Å². The molecule has 5 nitrogen and oxygen atoms in total. The number of hydrogen-bond donors (Lipinski definition) is 1. The molecule has 0 aromatic heterocycles. The van der Waals surface area contributed by atoms with Crippen molar-refractivity contribution < 1.29 is 14.3 Å². The largest absolute Gasteiger partial charge is 0.493 e. The Balaban J connectivity index is 2.18. The maximum atomic E-state index is 11.1. The van der Waals surface area contributed by atoms with Gasteiger partial charge in [0.05, 0.1) is 7.11 Å².